The van der Waals surface area contributed by atoms with Gasteiger partial charge in [0.15, 0.2) is 0 Å². The Morgan fingerprint density at radius 2 is 0.938 bits per heavy atom. The molecule has 0 atom stereocenters. The van der Waals surface area contributed by atoms with E-state index in [1.807, 2.05) is 11.3 Å². The first-order valence-electron chi connectivity index (χ1n) is 23.3. The maximum Gasteiger partial charge on any atom is 0.252 e. The van der Waals surface area contributed by atoms with Crippen LogP contribution in [0.25, 0.3) is 42.4 Å². The molecule has 1 aromatic heterocycles. The average molecular weight is 861 g/mol. The summed E-state index contributed by atoms with van der Waals surface area (Å²) in [5.41, 5.74) is 21.6. The summed E-state index contributed by atoms with van der Waals surface area (Å²) >= 11 is 1.89. The normalized spacial score (nSPS) is 13.6. The third-order valence-corrected chi connectivity index (χ3v) is 15.2. The molecule has 2 aliphatic heterocycles. The van der Waals surface area contributed by atoms with Gasteiger partial charge in [-0.05, 0) is 133 Å². The standard InChI is InChI=1S/C61H57BN2S/c1-38-33-54-57-55(34-38)64(51-30-25-41(59(2,3)4)35-48(51)39-17-12-11-13-18-39)53-32-27-43(61(8,9)10)37-50(53)62(57)49-36-42(60(5,6)7)26-31-52(49)63(54)44-28-23-40(24-29-44)45-20-16-21-47-46-19-14-15-22-56(46)65-58(45)47/h11-37H,1-10H3. The number of hydrogen-bond donors (Lipinski definition) is 0. The quantitative estimate of drug-likeness (QED) is 0.163. The highest BCUT2D eigenvalue weighted by Gasteiger charge is 2.44. The third-order valence-electron chi connectivity index (χ3n) is 14.0. The molecular formula is C61H57BN2S. The molecule has 0 unspecified atom stereocenters. The second-order valence-corrected chi connectivity index (χ2v) is 22.6. The van der Waals surface area contributed by atoms with E-state index in [0.29, 0.717) is 0 Å². The summed E-state index contributed by atoms with van der Waals surface area (Å²) in [6.45, 7) is 23.3. The number of aryl methyl sites for hydroxylation is 1. The van der Waals surface area contributed by atoms with E-state index in [9.17, 15) is 0 Å². The summed E-state index contributed by atoms with van der Waals surface area (Å²) in [6, 6.07) is 62.7. The molecule has 0 amide bonds. The van der Waals surface area contributed by atoms with Crippen molar-refractivity contribution in [1.29, 1.82) is 0 Å². The molecule has 9 aromatic rings. The Morgan fingerprint density at radius 3 is 1.57 bits per heavy atom. The van der Waals surface area contributed by atoms with Crippen molar-refractivity contribution in [3.8, 4) is 22.3 Å². The lowest BCUT2D eigenvalue weighted by Crippen LogP contribution is -2.61. The molecule has 2 aliphatic rings. The summed E-state index contributed by atoms with van der Waals surface area (Å²) in [7, 11) is 0. The number of hydrogen-bond acceptors (Lipinski definition) is 3. The van der Waals surface area contributed by atoms with Gasteiger partial charge in [-0.15, -0.1) is 11.3 Å². The fourth-order valence-electron chi connectivity index (χ4n) is 10.4. The van der Waals surface area contributed by atoms with Crippen molar-refractivity contribution in [3.63, 3.8) is 0 Å². The molecule has 0 radical (unpaired) electrons. The molecule has 2 nitrogen and oxygen atoms in total. The van der Waals surface area contributed by atoms with Crippen molar-refractivity contribution in [3.05, 3.63) is 186 Å². The summed E-state index contributed by atoms with van der Waals surface area (Å²) < 4.78 is 2.67. The molecule has 11 rings (SSSR count). The Morgan fingerprint density at radius 1 is 0.415 bits per heavy atom. The molecule has 3 heterocycles. The minimum Gasteiger partial charge on any atom is -0.311 e. The first-order chi connectivity index (χ1) is 31.0. The summed E-state index contributed by atoms with van der Waals surface area (Å²) in [5, 5.41) is 2.66. The van der Waals surface area contributed by atoms with Gasteiger partial charge in [-0.25, -0.2) is 0 Å². The van der Waals surface area contributed by atoms with Crippen LogP contribution in [-0.2, 0) is 16.2 Å². The lowest BCUT2D eigenvalue weighted by atomic mass is 9.33. The summed E-state index contributed by atoms with van der Waals surface area (Å²) in [6.07, 6.45) is 0. The van der Waals surface area contributed by atoms with Gasteiger partial charge < -0.3 is 9.80 Å². The molecule has 0 spiro atoms. The molecule has 0 saturated heterocycles. The zero-order chi connectivity index (χ0) is 45.2. The number of anilines is 6. The van der Waals surface area contributed by atoms with E-state index >= 15 is 0 Å². The van der Waals surface area contributed by atoms with Gasteiger partial charge in [0, 0.05) is 54.2 Å². The number of benzene rings is 8. The smallest absolute Gasteiger partial charge is 0.252 e. The molecule has 4 heteroatoms. The van der Waals surface area contributed by atoms with E-state index in [1.54, 1.807) is 0 Å². The first-order valence-corrected chi connectivity index (χ1v) is 24.1. The predicted molar refractivity (Wildman–Crippen MR) is 285 cm³/mol. The molecule has 0 aliphatic carbocycles. The third kappa shape index (κ3) is 6.83. The Hall–Kier alpha value is -6.36. The molecule has 0 bridgehead atoms. The monoisotopic (exact) mass is 860 g/mol. The molecular weight excluding hydrogens is 804 g/mol. The Kier molecular flexibility index (Phi) is 9.44. The van der Waals surface area contributed by atoms with Crippen molar-refractivity contribution >= 4 is 88.7 Å². The lowest BCUT2D eigenvalue weighted by molar-refractivity contribution is 0.590. The van der Waals surface area contributed by atoms with Crippen LogP contribution in [0.1, 0.15) is 84.6 Å². The van der Waals surface area contributed by atoms with Gasteiger partial charge >= 0.3 is 0 Å². The van der Waals surface area contributed by atoms with E-state index in [0.717, 1.165) is 5.69 Å². The highest BCUT2D eigenvalue weighted by molar-refractivity contribution is 7.26. The minimum absolute atomic E-state index is 0.00795. The van der Waals surface area contributed by atoms with Crippen LogP contribution >= 0.6 is 11.3 Å². The van der Waals surface area contributed by atoms with Crippen LogP contribution in [0.3, 0.4) is 0 Å². The maximum atomic E-state index is 2.60. The van der Waals surface area contributed by atoms with Gasteiger partial charge in [0.2, 0.25) is 0 Å². The highest BCUT2D eigenvalue weighted by Crippen LogP contribution is 2.49. The van der Waals surface area contributed by atoms with E-state index < -0.39 is 0 Å². The van der Waals surface area contributed by atoms with Crippen LogP contribution < -0.4 is 26.2 Å². The van der Waals surface area contributed by atoms with Gasteiger partial charge in [0.1, 0.15) is 0 Å². The lowest BCUT2D eigenvalue weighted by Gasteiger charge is -2.45. The summed E-state index contributed by atoms with van der Waals surface area (Å²) in [4.78, 5) is 5.16. The molecule has 0 N–H and O–H groups in total. The van der Waals surface area contributed by atoms with Crippen LogP contribution in [0.5, 0.6) is 0 Å². The molecule has 65 heavy (non-hydrogen) atoms. The zero-order valence-corrected chi connectivity index (χ0v) is 40.3. The van der Waals surface area contributed by atoms with Crippen molar-refractivity contribution in [2.75, 3.05) is 9.80 Å². The van der Waals surface area contributed by atoms with Gasteiger partial charge in [-0.2, -0.15) is 0 Å². The van der Waals surface area contributed by atoms with Crippen LogP contribution in [0.2, 0.25) is 0 Å². The van der Waals surface area contributed by atoms with E-state index in [2.05, 4.69) is 243 Å². The Bertz CT molecular complexity index is 3340. The number of nitrogens with zero attached hydrogens (tertiary/aromatic N) is 2. The van der Waals surface area contributed by atoms with Crippen molar-refractivity contribution in [2.24, 2.45) is 0 Å². The Balaban J connectivity index is 1.17. The van der Waals surface area contributed by atoms with Crippen LogP contribution in [0.4, 0.5) is 34.1 Å². The van der Waals surface area contributed by atoms with Gasteiger partial charge in [0.05, 0.1) is 5.69 Å². The molecule has 320 valence electrons. The van der Waals surface area contributed by atoms with Gasteiger partial charge in [0.25, 0.3) is 6.71 Å². The van der Waals surface area contributed by atoms with E-state index in [-0.39, 0.29) is 23.0 Å². The van der Waals surface area contributed by atoms with Crippen LogP contribution in [-0.4, -0.2) is 6.71 Å². The van der Waals surface area contributed by atoms with Gasteiger partial charge in [-0.1, -0.05) is 172 Å². The molecule has 8 aromatic carbocycles. The SMILES string of the molecule is Cc1cc2c3c(c1)N(c1ccc(C(C)(C)C)cc1-c1ccccc1)c1ccc(C(C)(C)C)cc1B3c1cc(C(C)(C)C)ccc1N2c1ccc(-c2cccc3c2sc2ccccc23)cc1. The van der Waals surface area contributed by atoms with Crippen LogP contribution in [0, 0.1) is 6.92 Å². The van der Waals surface area contributed by atoms with Gasteiger partial charge in [-0.3, -0.25) is 0 Å². The number of fused-ring (bicyclic) bond motifs is 7. The predicted octanol–water partition coefficient (Wildman–Crippen LogP) is 15.7. The Labute approximate surface area is 390 Å². The zero-order valence-electron chi connectivity index (χ0n) is 39.5. The van der Waals surface area contributed by atoms with E-state index in [4.69, 9.17) is 0 Å². The summed E-state index contributed by atoms with van der Waals surface area (Å²) in [5.74, 6) is 0. The molecule has 0 fully saturated rings. The fourth-order valence-corrected chi connectivity index (χ4v) is 11.7. The highest BCUT2D eigenvalue weighted by atomic mass is 32.1. The first kappa shape index (κ1) is 41.4. The second-order valence-electron chi connectivity index (χ2n) is 21.5. The van der Waals surface area contributed by atoms with Crippen molar-refractivity contribution in [2.45, 2.75) is 85.5 Å². The van der Waals surface area contributed by atoms with Crippen molar-refractivity contribution in [1.82, 2.24) is 0 Å². The van der Waals surface area contributed by atoms with E-state index in [1.165, 1.54) is 110 Å². The number of rotatable bonds is 4. The minimum atomic E-state index is -0.0293. The molecule has 0 saturated carbocycles. The van der Waals surface area contributed by atoms with Crippen molar-refractivity contribution < 1.29 is 0 Å². The topological polar surface area (TPSA) is 6.48 Å². The maximum absolute atomic E-state index is 2.60. The second kappa shape index (κ2) is 14.8. The average Bonchev–Trinajstić information content (AvgIpc) is 3.67. The fraction of sp³-hybridized carbons (Fsp3) is 0.213. The largest absolute Gasteiger partial charge is 0.311 e. The van der Waals surface area contributed by atoms with Crippen LogP contribution in [0.15, 0.2) is 164 Å². The number of thiophene rings is 1.